The van der Waals surface area contributed by atoms with Gasteiger partial charge in [0.2, 0.25) is 0 Å². The Kier molecular flexibility index (Phi) is 8.58. The maximum Gasteiger partial charge on any atom is 0.341 e. The minimum Gasteiger partial charge on any atom is -0.492 e. The van der Waals surface area contributed by atoms with Crippen molar-refractivity contribution in [3.8, 4) is 5.75 Å². The Balaban J connectivity index is 3.07. The summed E-state index contributed by atoms with van der Waals surface area (Å²) in [6, 6.07) is 4.96. The molecule has 1 rings (SSSR count). The van der Waals surface area contributed by atoms with Crippen molar-refractivity contribution in [3.05, 3.63) is 23.8 Å². The van der Waals surface area contributed by atoms with Crippen LogP contribution >= 0.6 is 0 Å². The van der Waals surface area contributed by atoms with E-state index >= 15 is 0 Å². The fourth-order valence-corrected chi connectivity index (χ4v) is 2.41. The van der Waals surface area contributed by atoms with E-state index in [0.717, 1.165) is 6.42 Å². The topological polar surface area (TPSA) is 73.9 Å². The van der Waals surface area contributed by atoms with Gasteiger partial charge in [-0.3, -0.25) is 4.79 Å². The van der Waals surface area contributed by atoms with Crippen molar-refractivity contribution in [2.24, 2.45) is 5.92 Å². The lowest BCUT2D eigenvalue weighted by molar-refractivity contribution is -0.136. The van der Waals surface area contributed by atoms with Crippen molar-refractivity contribution < 1.29 is 23.8 Å². The largest absolute Gasteiger partial charge is 0.492 e. The van der Waals surface area contributed by atoms with E-state index in [9.17, 15) is 9.59 Å². The zero-order valence-corrected chi connectivity index (χ0v) is 16.7. The number of hydrogen-bond acceptors (Lipinski definition) is 5. The molecule has 1 amide bonds. The molecular formula is C20H31NO5. The van der Waals surface area contributed by atoms with Crippen molar-refractivity contribution in [3.63, 3.8) is 0 Å². The van der Waals surface area contributed by atoms with Crippen LogP contribution in [0.4, 0.5) is 5.69 Å². The normalized spacial score (nSPS) is 13.2. The summed E-state index contributed by atoms with van der Waals surface area (Å²) in [5, 5.41) is 2.82. The molecule has 146 valence electrons. The average Bonchev–Trinajstić information content (AvgIpc) is 2.60. The van der Waals surface area contributed by atoms with Gasteiger partial charge in [-0.05, 0) is 44.4 Å². The molecule has 6 heteroatoms. The van der Waals surface area contributed by atoms with E-state index < -0.39 is 11.6 Å². The number of carbonyl (C=O) groups excluding carboxylic acids is 2. The molecule has 0 fully saturated rings. The van der Waals surface area contributed by atoms with Crippen LogP contribution in [-0.4, -0.2) is 37.8 Å². The smallest absolute Gasteiger partial charge is 0.341 e. The lowest BCUT2D eigenvalue weighted by atomic mass is 9.99. The summed E-state index contributed by atoms with van der Waals surface area (Å²) in [5.41, 5.74) is -0.139. The number of rotatable bonds is 10. The maximum atomic E-state index is 12.6. The van der Waals surface area contributed by atoms with Gasteiger partial charge < -0.3 is 19.5 Å². The summed E-state index contributed by atoms with van der Waals surface area (Å²) >= 11 is 0. The third-order valence-electron chi connectivity index (χ3n) is 3.96. The molecule has 0 bridgehead atoms. The summed E-state index contributed by atoms with van der Waals surface area (Å²) in [6.07, 6.45) is 1.41. The van der Waals surface area contributed by atoms with Crippen molar-refractivity contribution in [1.82, 2.24) is 0 Å². The first-order valence-corrected chi connectivity index (χ1v) is 9.07. The zero-order valence-electron chi connectivity index (χ0n) is 16.7. The van der Waals surface area contributed by atoms with Crippen LogP contribution in [0.2, 0.25) is 0 Å². The summed E-state index contributed by atoms with van der Waals surface area (Å²) in [5.74, 6) is 0.0250. The number of carbonyl (C=O) groups is 2. The second-order valence-corrected chi connectivity index (χ2v) is 6.78. The van der Waals surface area contributed by atoms with Crippen LogP contribution < -0.4 is 10.1 Å². The number of methoxy groups -OCH3 is 1. The van der Waals surface area contributed by atoms with E-state index in [1.807, 2.05) is 20.8 Å². The Morgan fingerprint density at radius 1 is 1.23 bits per heavy atom. The number of esters is 1. The van der Waals surface area contributed by atoms with Crippen LogP contribution in [0.5, 0.6) is 5.75 Å². The van der Waals surface area contributed by atoms with E-state index in [4.69, 9.17) is 14.2 Å². The van der Waals surface area contributed by atoms with Gasteiger partial charge in [0.05, 0.1) is 13.2 Å². The van der Waals surface area contributed by atoms with Crippen molar-refractivity contribution in [2.45, 2.75) is 53.1 Å². The Hall–Kier alpha value is -2.08. The molecule has 0 aromatic heterocycles. The third-order valence-corrected chi connectivity index (χ3v) is 3.96. The molecule has 1 N–H and O–H groups in total. The van der Waals surface area contributed by atoms with Gasteiger partial charge >= 0.3 is 5.97 Å². The van der Waals surface area contributed by atoms with Gasteiger partial charge in [0.25, 0.3) is 5.91 Å². The molecule has 0 heterocycles. The van der Waals surface area contributed by atoms with E-state index in [-0.39, 0.29) is 12.5 Å². The molecule has 0 radical (unpaired) electrons. The molecule has 6 nitrogen and oxygen atoms in total. The van der Waals surface area contributed by atoms with Gasteiger partial charge in [-0.25, -0.2) is 4.79 Å². The van der Waals surface area contributed by atoms with Gasteiger partial charge in [0.15, 0.2) is 0 Å². The number of benzene rings is 1. The Labute approximate surface area is 156 Å². The minimum atomic E-state index is -0.925. The maximum absolute atomic E-state index is 12.6. The highest BCUT2D eigenvalue weighted by atomic mass is 16.5. The summed E-state index contributed by atoms with van der Waals surface area (Å²) < 4.78 is 16.2. The second-order valence-electron chi connectivity index (χ2n) is 6.78. The molecule has 0 saturated carbocycles. The fourth-order valence-electron chi connectivity index (χ4n) is 2.41. The third kappa shape index (κ3) is 6.02. The van der Waals surface area contributed by atoms with Crippen LogP contribution in [0.15, 0.2) is 18.2 Å². The van der Waals surface area contributed by atoms with E-state index in [1.54, 1.807) is 32.0 Å². The predicted octanol–water partition coefficient (Wildman–Crippen LogP) is 4.04. The predicted molar refractivity (Wildman–Crippen MR) is 102 cm³/mol. The Bertz CT molecular complexity index is 614. The van der Waals surface area contributed by atoms with Crippen LogP contribution in [0, 0.1) is 5.92 Å². The fraction of sp³-hybridized carbons (Fsp3) is 0.600. The van der Waals surface area contributed by atoms with Crippen LogP contribution in [0.25, 0.3) is 0 Å². The average molecular weight is 365 g/mol. The number of ether oxygens (including phenoxy) is 3. The summed E-state index contributed by atoms with van der Waals surface area (Å²) in [6.45, 7) is 10.3. The molecule has 26 heavy (non-hydrogen) atoms. The minimum absolute atomic E-state index is 0.257. The van der Waals surface area contributed by atoms with Crippen LogP contribution in [0.1, 0.15) is 57.8 Å². The Morgan fingerprint density at radius 2 is 1.92 bits per heavy atom. The van der Waals surface area contributed by atoms with Crippen molar-refractivity contribution >= 4 is 17.6 Å². The lowest BCUT2D eigenvalue weighted by Gasteiger charge is -2.26. The first kappa shape index (κ1) is 22.0. The molecule has 1 aromatic carbocycles. The molecule has 0 unspecified atom stereocenters. The molecule has 0 aliphatic carbocycles. The molecule has 0 spiro atoms. The van der Waals surface area contributed by atoms with Crippen LogP contribution in [0.3, 0.4) is 0 Å². The molecule has 1 atom stereocenters. The van der Waals surface area contributed by atoms with Crippen LogP contribution in [-0.2, 0) is 14.3 Å². The number of nitrogens with one attached hydrogen (secondary N) is 1. The van der Waals surface area contributed by atoms with Gasteiger partial charge in [-0.15, -0.1) is 0 Å². The molecule has 0 aliphatic heterocycles. The summed E-state index contributed by atoms with van der Waals surface area (Å²) in [4.78, 5) is 24.8. The SMILES string of the molecule is CCC[C@](C)(OC)C(=O)Nc1ccc(OCC(C)C)c(C(=O)OCC)c1. The molecule has 0 saturated heterocycles. The zero-order chi connectivity index (χ0) is 19.7. The first-order valence-electron chi connectivity index (χ1n) is 9.07. The summed E-state index contributed by atoms with van der Waals surface area (Å²) in [7, 11) is 1.52. The van der Waals surface area contributed by atoms with Crippen molar-refractivity contribution in [2.75, 3.05) is 25.6 Å². The molecular weight excluding hydrogens is 334 g/mol. The quantitative estimate of drug-likeness (QED) is 0.633. The van der Waals surface area contributed by atoms with E-state index in [1.165, 1.54) is 7.11 Å². The van der Waals surface area contributed by atoms with Gasteiger partial charge in [0.1, 0.15) is 16.9 Å². The highest BCUT2D eigenvalue weighted by molar-refractivity contribution is 5.99. The Morgan fingerprint density at radius 3 is 2.46 bits per heavy atom. The number of anilines is 1. The highest BCUT2D eigenvalue weighted by Gasteiger charge is 2.32. The standard InChI is InChI=1S/C20H31NO5/c1-7-11-20(5,24-6)19(23)21-15-9-10-17(26-13-14(3)4)16(12-15)18(22)25-8-2/h9-10,12,14H,7-8,11,13H2,1-6H3,(H,21,23)/t20-/m0/s1. The van der Waals surface area contributed by atoms with Gasteiger partial charge in [-0.2, -0.15) is 0 Å². The highest BCUT2D eigenvalue weighted by Crippen LogP contribution is 2.26. The second kappa shape index (κ2) is 10.2. The van der Waals surface area contributed by atoms with Gasteiger partial charge in [-0.1, -0.05) is 27.2 Å². The monoisotopic (exact) mass is 365 g/mol. The molecule has 1 aromatic rings. The lowest BCUT2D eigenvalue weighted by Crippen LogP contribution is -2.41. The number of amides is 1. The van der Waals surface area contributed by atoms with E-state index in [2.05, 4.69) is 5.32 Å². The number of hydrogen-bond donors (Lipinski definition) is 1. The van der Waals surface area contributed by atoms with Crippen molar-refractivity contribution in [1.29, 1.82) is 0 Å². The van der Waals surface area contributed by atoms with E-state index in [0.29, 0.717) is 35.9 Å². The van der Waals surface area contributed by atoms with Gasteiger partial charge in [0, 0.05) is 12.8 Å². The molecule has 0 aliphatic rings. The first-order chi connectivity index (χ1) is 12.3.